The van der Waals surface area contributed by atoms with Gasteiger partial charge < -0.3 is 25.0 Å². The first-order valence-electron chi connectivity index (χ1n) is 10.7. The third-order valence-corrected chi connectivity index (χ3v) is 4.58. The Morgan fingerprint density at radius 2 is 1.78 bits per heavy atom. The fraction of sp³-hybridized carbons (Fsp3) is 0.636. The number of nitrogens with one attached hydrogen (secondary N) is 2. The maximum Gasteiger partial charge on any atom is 0.331 e. The second-order valence-electron chi connectivity index (χ2n) is 9.68. The smallest absolute Gasteiger partial charge is 0.331 e. The molecule has 10 nitrogen and oxygen atoms in total. The average Bonchev–Trinajstić information content (AvgIpc) is 2.69. The summed E-state index contributed by atoms with van der Waals surface area (Å²) in [5, 5.41) is 17.4. The molecular weight excluding hydrogens is 416 g/mol. The van der Waals surface area contributed by atoms with Crippen molar-refractivity contribution in [2.45, 2.75) is 58.8 Å². The highest BCUT2D eigenvalue weighted by molar-refractivity contribution is 6.01. The number of esters is 1. The van der Waals surface area contributed by atoms with E-state index in [4.69, 9.17) is 9.47 Å². The summed E-state index contributed by atoms with van der Waals surface area (Å²) >= 11 is 0. The molecule has 1 aliphatic heterocycles. The molecule has 0 aliphatic carbocycles. The highest BCUT2D eigenvalue weighted by Gasteiger charge is 2.31. The molecule has 0 bridgehead atoms. The van der Waals surface area contributed by atoms with Crippen LogP contribution < -0.4 is 15.5 Å². The molecule has 10 heteroatoms. The Balaban J connectivity index is 2.31. The molecular formula is C22H34N4O6. The summed E-state index contributed by atoms with van der Waals surface area (Å²) in [5.41, 5.74) is -1.06. The monoisotopic (exact) mass is 450 g/mol. The van der Waals surface area contributed by atoms with Crippen LogP contribution >= 0.6 is 0 Å². The number of nitro benzene ring substituents is 1. The number of rotatable bonds is 7. The van der Waals surface area contributed by atoms with Crippen LogP contribution in [0.1, 0.15) is 51.9 Å². The number of carbonyl (C=O) groups excluding carboxylic acids is 2. The first-order chi connectivity index (χ1) is 14.8. The molecule has 178 valence electrons. The van der Waals surface area contributed by atoms with Gasteiger partial charge in [-0.05, 0) is 53.7 Å². The van der Waals surface area contributed by atoms with Gasteiger partial charge in [0, 0.05) is 37.9 Å². The number of amides is 1. The van der Waals surface area contributed by atoms with E-state index in [9.17, 15) is 19.7 Å². The molecule has 0 aromatic heterocycles. The van der Waals surface area contributed by atoms with E-state index in [-0.39, 0.29) is 17.9 Å². The van der Waals surface area contributed by atoms with Gasteiger partial charge in [-0.25, -0.2) is 4.79 Å². The summed E-state index contributed by atoms with van der Waals surface area (Å²) in [6, 6.07) is 3.33. The lowest BCUT2D eigenvalue weighted by molar-refractivity contribution is -0.385. The number of hydrogen-bond acceptors (Lipinski definition) is 8. The van der Waals surface area contributed by atoms with E-state index in [1.54, 1.807) is 26.8 Å². The number of carbonyl (C=O) groups is 2. The largest absolute Gasteiger partial charge is 0.458 e. The van der Waals surface area contributed by atoms with Crippen molar-refractivity contribution >= 4 is 23.3 Å². The van der Waals surface area contributed by atoms with Crippen molar-refractivity contribution in [3.63, 3.8) is 0 Å². The summed E-state index contributed by atoms with van der Waals surface area (Å²) in [6.07, 6.45) is 0. The molecule has 1 fully saturated rings. The van der Waals surface area contributed by atoms with Crippen LogP contribution in [0.2, 0.25) is 0 Å². The minimum absolute atomic E-state index is 0.115. The number of ether oxygens (including phenoxy) is 2. The number of benzene rings is 1. The van der Waals surface area contributed by atoms with Crippen molar-refractivity contribution in [3.05, 3.63) is 33.9 Å². The fourth-order valence-corrected chi connectivity index (χ4v) is 3.10. The molecule has 1 aromatic rings. The van der Waals surface area contributed by atoms with E-state index < -0.39 is 34.0 Å². The van der Waals surface area contributed by atoms with Gasteiger partial charge in [-0.15, -0.1) is 0 Å². The van der Waals surface area contributed by atoms with Crippen LogP contribution in [-0.2, 0) is 14.3 Å². The van der Waals surface area contributed by atoms with E-state index in [0.717, 1.165) is 26.2 Å². The zero-order valence-electron chi connectivity index (χ0n) is 19.7. The third kappa shape index (κ3) is 7.76. The second-order valence-corrected chi connectivity index (χ2v) is 9.68. The predicted molar refractivity (Wildman–Crippen MR) is 121 cm³/mol. The molecule has 0 saturated carbocycles. The Morgan fingerprint density at radius 1 is 1.16 bits per heavy atom. The van der Waals surface area contributed by atoms with Crippen molar-refractivity contribution in [2.75, 3.05) is 37.7 Å². The van der Waals surface area contributed by atoms with Gasteiger partial charge in [0.1, 0.15) is 11.2 Å². The van der Waals surface area contributed by atoms with Crippen LogP contribution in [0.15, 0.2) is 18.2 Å². The lowest BCUT2D eigenvalue weighted by Crippen LogP contribution is -2.48. The van der Waals surface area contributed by atoms with E-state index in [0.29, 0.717) is 5.69 Å². The topological polar surface area (TPSA) is 123 Å². The number of anilines is 1. The number of nitrogens with zero attached hydrogens (tertiary/aromatic N) is 2. The molecule has 0 spiro atoms. The third-order valence-electron chi connectivity index (χ3n) is 4.58. The van der Waals surface area contributed by atoms with E-state index >= 15 is 0 Å². The SMILES string of the molecule is CC(C)(C)OCC(NC(=O)c1cc(N2CCNCC2)ccc1[N+](=O)[O-])C(=O)OC(C)(C)C. The van der Waals surface area contributed by atoms with Crippen molar-refractivity contribution in [1.29, 1.82) is 0 Å². The molecule has 1 saturated heterocycles. The van der Waals surface area contributed by atoms with Gasteiger partial charge in [-0.1, -0.05) is 0 Å². The fourth-order valence-electron chi connectivity index (χ4n) is 3.10. The minimum Gasteiger partial charge on any atom is -0.458 e. The van der Waals surface area contributed by atoms with Gasteiger partial charge in [-0.3, -0.25) is 14.9 Å². The normalized spacial score (nSPS) is 15.8. The first kappa shape index (κ1) is 25.5. The van der Waals surface area contributed by atoms with Crippen LogP contribution in [0.3, 0.4) is 0 Å². The molecule has 1 aliphatic rings. The molecule has 32 heavy (non-hydrogen) atoms. The predicted octanol–water partition coefficient (Wildman–Crippen LogP) is 2.26. The summed E-state index contributed by atoms with van der Waals surface area (Å²) in [5.74, 6) is -1.40. The standard InChI is InChI=1S/C22H34N4O6/c1-21(2,3)31-14-17(20(28)32-22(4,5)6)24-19(27)16-13-15(7-8-18(16)26(29)30)25-11-9-23-10-12-25/h7-8,13,17,23H,9-12,14H2,1-6H3,(H,24,27). The van der Waals surface area contributed by atoms with Crippen molar-refractivity contribution < 1.29 is 24.0 Å². The summed E-state index contributed by atoms with van der Waals surface area (Å²) in [4.78, 5) is 38.8. The van der Waals surface area contributed by atoms with Gasteiger partial charge in [0.05, 0.1) is 17.1 Å². The second kappa shape index (κ2) is 10.3. The summed E-state index contributed by atoms with van der Waals surface area (Å²) in [6.45, 7) is 13.5. The lowest BCUT2D eigenvalue weighted by Gasteiger charge is -2.30. The Bertz CT molecular complexity index is 838. The van der Waals surface area contributed by atoms with Crippen LogP contribution in [-0.4, -0.2) is 66.8 Å². The molecule has 1 aromatic carbocycles. The van der Waals surface area contributed by atoms with Crippen LogP contribution in [0.25, 0.3) is 0 Å². The van der Waals surface area contributed by atoms with E-state index in [2.05, 4.69) is 10.6 Å². The molecule has 1 amide bonds. The average molecular weight is 451 g/mol. The Kier molecular flexibility index (Phi) is 8.19. The van der Waals surface area contributed by atoms with Crippen LogP contribution in [0.4, 0.5) is 11.4 Å². The zero-order chi connectivity index (χ0) is 24.1. The Morgan fingerprint density at radius 3 is 2.31 bits per heavy atom. The molecule has 1 atom stereocenters. The zero-order valence-corrected chi connectivity index (χ0v) is 19.7. The van der Waals surface area contributed by atoms with Crippen molar-refractivity contribution in [2.24, 2.45) is 0 Å². The number of nitro groups is 1. The van der Waals surface area contributed by atoms with Crippen molar-refractivity contribution in [1.82, 2.24) is 10.6 Å². The van der Waals surface area contributed by atoms with E-state index in [1.807, 2.05) is 25.7 Å². The number of hydrogen-bond donors (Lipinski definition) is 2. The maximum absolute atomic E-state index is 13.1. The maximum atomic E-state index is 13.1. The van der Waals surface area contributed by atoms with Crippen LogP contribution in [0.5, 0.6) is 0 Å². The summed E-state index contributed by atoms with van der Waals surface area (Å²) in [7, 11) is 0. The van der Waals surface area contributed by atoms with Gasteiger partial charge in [0.25, 0.3) is 11.6 Å². The summed E-state index contributed by atoms with van der Waals surface area (Å²) < 4.78 is 11.1. The van der Waals surface area contributed by atoms with Crippen LogP contribution in [0, 0.1) is 10.1 Å². The molecule has 2 N–H and O–H groups in total. The van der Waals surface area contributed by atoms with Gasteiger partial charge in [0.2, 0.25) is 0 Å². The van der Waals surface area contributed by atoms with Gasteiger partial charge in [0.15, 0.2) is 6.04 Å². The first-order valence-corrected chi connectivity index (χ1v) is 10.7. The number of piperazine rings is 1. The van der Waals surface area contributed by atoms with E-state index in [1.165, 1.54) is 12.1 Å². The molecule has 2 rings (SSSR count). The Hall–Kier alpha value is -2.72. The minimum atomic E-state index is -1.12. The Labute approximate surface area is 188 Å². The lowest BCUT2D eigenvalue weighted by atomic mass is 10.1. The highest BCUT2D eigenvalue weighted by Crippen LogP contribution is 2.26. The van der Waals surface area contributed by atoms with Gasteiger partial charge in [-0.2, -0.15) is 0 Å². The molecule has 1 heterocycles. The highest BCUT2D eigenvalue weighted by atomic mass is 16.6. The van der Waals surface area contributed by atoms with Crippen molar-refractivity contribution in [3.8, 4) is 0 Å². The van der Waals surface area contributed by atoms with Gasteiger partial charge >= 0.3 is 5.97 Å². The molecule has 1 unspecified atom stereocenters. The quantitative estimate of drug-likeness (QED) is 0.368. The molecule has 0 radical (unpaired) electrons.